The number of carbonyl (C=O) groups is 2. The number of carboxylic acid groups (broad SMARTS) is 1. The van der Waals surface area contributed by atoms with E-state index in [4.69, 9.17) is 9.84 Å². The molecule has 0 aliphatic carbocycles. The number of nitrogens with zero attached hydrogens (tertiary/aromatic N) is 2. The molecule has 1 heterocycles. The van der Waals surface area contributed by atoms with Gasteiger partial charge in [0.2, 0.25) is 0 Å². The summed E-state index contributed by atoms with van der Waals surface area (Å²) in [4.78, 5) is 27.8. The van der Waals surface area contributed by atoms with E-state index in [2.05, 4.69) is 4.90 Å². The maximum Gasteiger partial charge on any atom is 0.303 e. The van der Waals surface area contributed by atoms with E-state index in [1.807, 2.05) is 0 Å². The number of rotatable bonds is 7. The quantitative estimate of drug-likeness (QED) is 0.773. The van der Waals surface area contributed by atoms with Crippen molar-refractivity contribution in [2.45, 2.75) is 18.9 Å². The lowest BCUT2D eigenvalue weighted by Gasteiger charge is -2.39. The Morgan fingerprint density at radius 1 is 1.03 bits per heavy atom. The van der Waals surface area contributed by atoms with Crippen LogP contribution in [0.2, 0.25) is 0 Å². The number of carbonyl (C=O) groups excluding carboxylic acids is 1. The van der Waals surface area contributed by atoms with Gasteiger partial charge >= 0.3 is 5.97 Å². The molecule has 1 saturated heterocycles. The van der Waals surface area contributed by atoms with E-state index < -0.39 is 5.97 Å². The van der Waals surface area contributed by atoms with Gasteiger partial charge in [-0.25, -0.2) is 4.39 Å². The van der Waals surface area contributed by atoms with E-state index in [1.54, 1.807) is 48.4 Å². The summed E-state index contributed by atoms with van der Waals surface area (Å²) < 4.78 is 18.4. The standard InChI is InChI=1S/C22H25FN2O4/c1-29-19-8-4-17(5-9-19)22(28)25-14-12-24(13-15-25)20(10-11-21(26)27)16-2-6-18(23)7-3-16/h2-9,20H,10-15H2,1H3,(H,26,27)/t20-/m0/s1. The van der Waals surface area contributed by atoms with Crippen molar-refractivity contribution in [1.29, 1.82) is 0 Å². The van der Waals surface area contributed by atoms with Crippen molar-refractivity contribution >= 4 is 11.9 Å². The van der Waals surface area contributed by atoms with Gasteiger partial charge in [-0.2, -0.15) is 0 Å². The topological polar surface area (TPSA) is 70.1 Å². The first kappa shape index (κ1) is 20.8. The number of hydrogen-bond donors (Lipinski definition) is 1. The summed E-state index contributed by atoms with van der Waals surface area (Å²) in [6, 6.07) is 13.1. The number of benzene rings is 2. The third-order valence-corrected chi connectivity index (χ3v) is 5.27. The molecule has 0 bridgehead atoms. The van der Waals surface area contributed by atoms with Gasteiger partial charge in [-0.3, -0.25) is 14.5 Å². The van der Waals surface area contributed by atoms with Crippen molar-refractivity contribution in [3.05, 3.63) is 65.5 Å². The van der Waals surface area contributed by atoms with Crippen LogP contribution < -0.4 is 4.74 Å². The molecule has 0 unspecified atom stereocenters. The number of hydrogen-bond acceptors (Lipinski definition) is 4. The second-order valence-electron chi connectivity index (χ2n) is 7.06. The van der Waals surface area contributed by atoms with E-state index in [9.17, 15) is 14.0 Å². The zero-order chi connectivity index (χ0) is 20.8. The van der Waals surface area contributed by atoms with Crippen LogP contribution in [0.5, 0.6) is 5.75 Å². The normalized spacial score (nSPS) is 15.7. The zero-order valence-electron chi connectivity index (χ0n) is 16.4. The van der Waals surface area contributed by atoms with E-state index >= 15 is 0 Å². The number of piperazine rings is 1. The van der Waals surface area contributed by atoms with Crippen molar-refractivity contribution in [1.82, 2.24) is 9.80 Å². The number of amides is 1. The molecular weight excluding hydrogens is 375 g/mol. The SMILES string of the molecule is COc1ccc(C(=O)N2CCN([C@@H](CCC(=O)O)c3ccc(F)cc3)CC2)cc1. The summed E-state index contributed by atoms with van der Waals surface area (Å²) >= 11 is 0. The van der Waals surface area contributed by atoms with Crippen molar-refractivity contribution < 1.29 is 23.8 Å². The van der Waals surface area contributed by atoms with Crippen LogP contribution >= 0.6 is 0 Å². The van der Waals surface area contributed by atoms with Crippen molar-refractivity contribution in [2.75, 3.05) is 33.3 Å². The van der Waals surface area contributed by atoms with Gasteiger partial charge in [0.25, 0.3) is 5.91 Å². The first-order valence-electron chi connectivity index (χ1n) is 9.62. The molecule has 1 N–H and O–H groups in total. The Hall–Kier alpha value is -2.93. The molecule has 2 aromatic carbocycles. The van der Waals surface area contributed by atoms with Gasteiger partial charge in [-0.05, 0) is 48.4 Å². The molecule has 0 saturated carbocycles. The molecule has 0 radical (unpaired) electrons. The van der Waals surface area contributed by atoms with E-state index in [0.29, 0.717) is 43.9 Å². The van der Waals surface area contributed by atoms with E-state index in [-0.39, 0.29) is 24.2 Å². The molecule has 0 spiro atoms. The molecule has 2 aromatic rings. The number of methoxy groups -OCH3 is 1. The fourth-order valence-corrected chi connectivity index (χ4v) is 3.66. The fourth-order valence-electron chi connectivity index (χ4n) is 3.66. The molecule has 1 fully saturated rings. The molecule has 1 aliphatic rings. The predicted octanol–water partition coefficient (Wildman–Crippen LogP) is 3.20. The summed E-state index contributed by atoms with van der Waals surface area (Å²) in [5.74, 6) is -0.505. The molecule has 1 atom stereocenters. The van der Waals surface area contributed by atoms with Crippen molar-refractivity contribution in [3.8, 4) is 5.75 Å². The van der Waals surface area contributed by atoms with Gasteiger partial charge in [0, 0.05) is 44.2 Å². The van der Waals surface area contributed by atoms with Gasteiger partial charge in [-0.1, -0.05) is 12.1 Å². The Balaban J connectivity index is 1.66. The number of carboxylic acids is 1. The summed E-state index contributed by atoms with van der Waals surface area (Å²) in [5, 5.41) is 9.09. The van der Waals surface area contributed by atoms with Crippen LogP contribution in [0.15, 0.2) is 48.5 Å². The minimum Gasteiger partial charge on any atom is -0.497 e. The smallest absolute Gasteiger partial charge is 0.303 e. The van der Waals surface area contributed by atoms with Gasteiger partial charge in [0.05, 0.1) is 7.11 Å². The molecule has 1 amide bonds. The summed E-state index contributed by atoms with van der Waals surface area (Å²) in [5.41, 5.74) is 1.50. The second-order valence-corrected chi connectivity index (χ2v) is 7.06. The number of ether oxygens (including phenoxy) is 1. The third-order valence-electron chi connectivity index (χ3n) is 5.27. The molecule has 6 nitrogen and oxygen atoms in total. The lowest BCUT2D eigenvalue weighted by Crippen LogP contribution is -2.49. The monoisotopic (exact) mass is 400 g/mol. The van der Waals surface area contributed by atoms with Crippen LogP contribution in [0.25, 0.3) is 0 Å². The number of aliphatic carboxylic acids is 1. The highest BCUT2D eigenvalue weighted by Crippen LogP contribution is 2.27. The largest absolute Gasteiger partial charge is 0.497 e. The minimum atomic E-state index is -0.856. The summed E-state index contributed by atoms with van der Waals surface area (Å²) in [7, 11) is 1.58. The maximum absolute atomic E-state index is 13.3. The van der Waals surface area contributed by atoms with Crippen LogP contribution in [0.1, 0.15) is 34.8 Å². The van der Waals surface area contributed by atoms with Crippen molar-refractivity contribution in [3.63, 3.8) is 0 Å². The third kappa shape index (κ3) is 5.32. The Morgan fingerprint density at radius 3 is 2.21 bits per heavy atom. The van der Waals surface area contributed by atoms with Crippen LogP contribution in [-0.4, -0.2) is 60.1 Å². The highest BCUT2D eigenvalue weighted by molar-refractivity contribution is 5.94. The molecular formula is C22H25FN2O4. The van der Waals surface area contributed by atoms with Crippen LogP contribution in [-0.2, 0) is 4.79 Å². The highest BCUT2D eigenvalue weighted by atomic mass is 19.1. The minimum absolute atomic E-state index is 0.0313. The molecule has 154 valence electrons. The van der Waals surface area contributed by atoms with Gasteiger partial charge in [0.15, 0.2) is 0 Å². The Bertz CT molecular complexity index is 831. The Labute approximate surface area is 169 Å². The average molecular weight is 400 g/mol. The zero-order valence-corrected chi connectivity index (χ0v) is 16.4. The highest BCUT2D eigenvalue weighted by Gasteiger charge is 2.28. The Morgan fingerprint density at radius 2 is 1.66 bits per heavy atom. The lowest BCUT2D eigenvalue weighted by molar-refractivity contribution is -0.137. The van der Waals surface area contributed by atoms with Gasteiger partial charge in [0.1, 0.15) is 11.6 Å². The van der Waals surface area contributed by atoms with E-state index in [1.165, 1.54) is 12.1 Å². The first-order chi connectivity index (χ1) is 14.0. The van der Waals surface area contributed by atoms with Gasteiger partial charge < -0.3 is 14.7 Å². The second kappa shape index (κ2) is 9.52. The maximum atomic E-state index is 13.3. The van der Waals surface area contributed by atoms with Crippen LogP contribution in [0, 0.1) is 5.82 Å². The molecule has 7 heteroatoms. The van der Waals surface area contributed by atoms with Gasteiger partial charge in [-0.15, -0.1) is 0 Å². The predicted molar refractivity (Wildman–Crippen MR) is 106 cm³/mol. The molecule has 29 heavy (non-hydrogen) atoms. The molecule has 1 aliphatic heterocycles. The molecule has 0 aromatic heterocycles. The van der Waals surface area contributed by atoms with Crippen molar-refractivity contribution in [2.24, 2.45) is 0 Å². The fraction of sp³-hybridized carbons (Fsp3) is 0.364. The lowest BCUT2D eigenvalue weighted by atomic mass is 9.99. The number of halogens is 1. The average Bonchev–Trinajstić information content (AvgIpc) is 2.75. The van der Waals surface area contributed by atoms with Crippen LogP contribution in [0.3, 0.4) is 0 Å². The summed E-state index contributed by atoms with van der Waals surface area (Å²) in [6.07, 6.45) is 0.473. The van der Waals surface area contributed by atoms with Crippen LogP contribution in [0.4, 0.5) is 4.39 Å². The Kier molecular flexibility index (Phi) is 6.82. The summed E-state index contributed by atoms with van der Waals surface area (Å²) in [6.45, 7) is 2.36. The van der Waals surface area contributed by atoms with E-state index in [0.717, 1.165) is 5.56 Å². The first-order valence-corrected chi connectivity index (χ1v) is 9.62. The molecule has 3 rings (SSSR count).